The van der Waals surface area contributed by atoms with Gasteiger partial charge in [-0.15, -0.1) is 0 Å². The van der Waals surface area contributed by atoms with Crippen LogP contribution in [0.3, 0.4) is 0 Å². The normalized spacial score (nSPS) is 27.3. The molecule has 3 aliphatic rings. The molecule has 27 heteroatoms. The zero-order valence-corrected chi connectivity index (χ0v) is 32.4. The number of hydrogen-bond acceptors (Lipinski definition) is 16. The van der Waals surface area contributed by atoms with E-state index in [4.69, 9.17) is 29.5 Å². The van der Waals surface area contributed by atoms with E-state index in [2.05, 4.69) is 29.6 Å². The Kier molecular flexibility index (Phi) is 15.0. The number of nitrogens with zero attached hydrogens (tertiary/aromatic N) is 2. The van der Waals surface area contributed by atoms with Gasteiger partial charge in [0.2, 0.25) is 5.91 Å². The average molecular weight is 843 g/mol. The molecule has 1 aromatic rings. The van der Waals surface area contributed by atoms with Crippen LogP contribution in [-0.4, -0.2) is 100 Å². The van der Waals surface area contributed by atoms with Gasteiger partial charge in [-0.25, -0.2) is 23.3 Å². The number of aromatic nitrogens is 2. The molecule has 290 valence electrons. The minimum atomic E-state index is -5.74. The van der Waals surface area contributed by atoms with Crippen molar-refractivity contribution in [2.45, 2.75) is 86.5 Å². The number of hydrogen-bond donors (Lipinski definition) is 8. The first kappa shape index (κ1) is 42.5. The Morgan fingerprint density at radius 2 is 1.92 bits per heavy atom. The van der Waals surface area contributed by atoms with Crippen molar-refractivity contribution in [1.82, 2.24) is 25.5 Å². The Bertz CT molecular complexity index is 1600. The van der Waals surface area contributed by atoms with Crippen LogP contribution in [0.2, 0.25) is 0 Å². The van der Waals surface area contributed by atoms with E-state index in [1.54, 1.807) is 0 Å². The molecular formula is C24H41N6O15P3S3. The van der Waals surface area contributed by atoms with Gasteiger partial charge in [-0.05, 0) is 32.8 Å². The zero-order chi connectivity index (χ0) is 37.6. The molecule has 0 aliphatic carbocycles. The summed E-state index contributed by atoms with van der Waals surface area (Å²) in [6.45, 7) is 3.45. The first-order valence-electron chi connectivity index (χ1n) is 15.4. The minimum absolute atomic E-state index is 0.0331. The lowest BCUT2D eigenvalue weighted by Crippen LogP contribution is -2.37. The molecule has 6 unspecified atom stereocenters. The Balaban J connectivity index is 1.21. The lowest BCUT2D eigenvalue weighted by atomic mass is 10.0. The predicted molar refractivity (Wildman–Crippen MR) is 187 cm³/mol. The standard InChI is InChI=1S/C24H41N6O15P3S3/c1-24(2,12-26-19(31)6-4-3-5-17-21-14(11-49-17)27-22(32)29-21)51-50-13-41-15-9-20(30-8-7-18(25)28-23(30)33)43-16(15)10-42-47(37,38)45-48(39,40)44-46(34,35)36/h7-8,14-17,20-21H,3-6,9-13H2,1-2H3,(H,26,31)(H,37,38)(H,39,40)(H2,25,28,33)(H2,27,29,32)(H2,34,35,36)/t14?,15?,16-,17?,20-,21?/m1/s1. The molecule has 3 aliphatic heterocycles. The predicted octanol–water partition coefficient (Wildman–Crippen LogP) is 1.80. The summed E-state index contributed by atoms with van der Waals surface area (Å²) < 4.78 is 59.6. The average Bonchev–Trinajstić information content (AvgIpc) is 3.68. The maximum atomic E-state index is 12.5. The van der Waals surface area contributed by atoms with Crippen LogP contribution in [0.15, 0.2) is 17.1 Å². The number of phosphoric acid groups is 3. The van der Waals surface area contributed by atoms with Gasteiger partial charge in [-0.1, -0.05) is 28.0 Å². The van der Waals surface area contributed by atoms with Crippen LogP contribution in [0.1, 0.15) is 52.2 Å². The largest absolute Gasteiger partial charge is 0.490 e. The van der Waals surface area contributed by atoms with Crippen molar-refractivity contribution in [3.63, 3.8) is 0 Å². The van der Waals surface area contributed by atoms with E-state index >= 15 is 0 Å². The number of rotatable bonds is 20. The van der Waals surface area contributed by atoms with E-state index < -0.39 is 58.9 Å². The van der Waals surface area contributed by atoms with Gasteiger partial charge in [0.1, 0.15) is 24.1 Å². The quantitative estimate of drug-likeness (QED) is 0.0305. The zero-order valence-electron chi connectivity index (χ0n) is 27.3. The number of nitrogens with one attached hydrogen (secondary N) is 3. The Labute approximate surface area is 304 Å². The minimum Gasteiger partial charge on any atom is -0.383 e. The fraction of sp³-hybridized carbons (Fsp3) is 0.750. The number of carbonyl (C=O) groups is 2. The van der Waals surface area contributed by atoms with Gasteiger partial charge >= 0.3 is 35.2 Å². The van der Waals surface area contributed by atoms with Crippen LogP contribution < -0.4 is 27.4 Å². The molecule has 21 nitrogen and oxygen atoms in total. The van der Waals surface area contributed by atoms with Crippen LogP contribution in [0.4, 0.5) is 10.6 Å². The van der Waals surface area contributed by atoms with Gasteiger partial charge in [0.15, 0.2) is 0 Å². The number of fused-ring (bicyclic) bond motifs is 1. The summed E-state index contributed by atoms with van der Waals surface area (Å²) in [5, 5.41) is 9.18. The molecule has 1 aromatic heterocycles. The summed E-state index contributed by atoms with van der Waals surface area (Å²) in [5.74, 6) is 0.838. The van der Waals surface area contributed by atoms with Crippen molar-refractivity contribution < 1.29 is 65.5 Å². The highest BCUT2D eigenvalue weighted by Gasteiger charge is 2.44. The number of urea groups is 1. The Hall–Kier alpha value is -1.20. The second-order valence-electron chi connectivity index (χ2n) is 12.2. The molecule has 51 heavy (non-hydrogen) atoms. The number of nitrogens with two attached hydrogens (primary N) is 1. The molecule has 3 fully saturated rings. The highest BCUT2D eigenvalue weighted by molar-refractivity contribution is 8.77. The van der Waals surface area contributed by atoms with Crippen molar-refractivity contribution >= 4 is 74.6 Å². The highest BCUT2D eigenvalue weighted by Crippen LogP contribution is 2.66. The molecule has 0 radical (unpaired) electrons. The smallest absolute Gasteiger partial charge is 0.383 e. The van der Waals surface area contributed by atoms with Gasteiger partial charge < -0.3 is 50.7 Å². The summed E-state index contributed by atoms with van der Waals surface area (Å²) in [6, 6.07) is 1.53. The second-order valence-corrected chi connectivity index (χ2v) is 20.9. The third-order valence-electron chi connectivity index (χ3n) is 7.57. The topological polar surface area (TPSA) is 309 Å². The van der Waals surface area contributed by atoms with E-state index in [9.17, 15) is 37.9 Å². The summed E-state index contributed by atoms with van der Waals surface area (Å²) in [5.41, 5.74) is 4.81. The van der Waals surface area contributed by atoms with Gasteiger partial charge in [0.05, 0.1) is 24.8 Å². The maximum Gasteiger partial charge on any atom is 0.490 e. The van der Waals surface area contributed by atoms with Crippen LogP contribution in [0.5, 0.6) is 0 Å². The molecule has 0 saturated carbocycles. The third-order valence-corrected chi connectivity index (χ3v) is 15.8. The SMILES string of the molecule is CC(C)(CNC(=O)CCCCC1SCC2NC(=O)NC21)SSCOC1C[C@H](n2ccc(N)nc2=O)O[C@@H]1COP(=O)(O)OP(=O)(O)OP(=O)(O)O. The molecular weight excluding hydrogens is 801 g/mol. The van der Waals surface area contributed by atoms with Crippen LogP contribution >= 0.6 is 56.8 Å². The number of ether oxygens (including phenoxy) is 2. The van der Waals surface area contributed by atoms with E-state index in [-0.39, 0.29) is 42.2 Å². The van der Waals surface area contributed by atoms with Gasteiger partial charge in [-0.2, -0.15) is 25.4 Å². The summed E-state index contributed by atoms with van der Waals surface area (Å²) in [4.78, 5) is 76.9. The Morgan fingerprint density at radius 1 is 1.18 bits per heavy atom. The lowest BCUT2D eigenvalue weighted by Gasteiger charge is -2.24. The Morgan fingerprint density at radius 3 is 2.63 bits per heavy atom. The van der Waals surface area contributed by atoms with E-state index in [1.807, 2.05) is 25.6 Å². The van der Waals surface area contributed by atoms with Gasteiger partial charge in [-0.3, -0.25) is 13.9 Å². The van der Waals surface area contributed by atoms with E-state index in [0.29, 0.717) is 18.2 Å². The van der Waals surface area contributed by atoms with Crippen LogP contribution in [-0.2, 0) is 41.1 Å². The fourth-order valence-electron chi connectivity index (χ4n) is 5.31. The van der Waals surface area contributed by atoms with Crippen molar-refractivity contribution in [3.8, 4) is 0 Å². The number of nitrogen functional groups attached to an aromatic ring is 1. The van der Waals surface area contributed by atoms with Crippen molar-refractivity contribution in [2.24, 2.45) is 0 Å². The number of anilines is 1. The van der Waals surface area contributed by atoms with E-state index in [1.165, 1.54) is 33.9 Å². The third kappa shape index (κ3) is 13.9. The number of phosphoric ester groups is 1. The molecule has 0 aromatic carbocycles. The molecule has 0 bridgehead atoms. The molecule has 4 heterocycles. The maximum absolute atomic E-state index is 12.5. The van der Waals surface area contributed by atoms with Crippen LogP contribution in [0, 0.1) is 0 Å². The second kappa shape index (κ2) is 18.0. The number of thioether (sulfide) groups is 1. The van der Waals surface area contributed by atoms with Crippen molar-refractivity contribution in [3.05, 3.63) is 22.7 Å². The number of carbonyl (C=O) groups excluding carboxylic acids is 2. The van der Waals surface area contributed by atoms with Crippen LogP contribution in [0.25, 0.3) is 0 Å². The molecule has 3 amide bonds. The molecule has 4 rings (SSSR count). The van der Waals surface area contributed by atoms with Crippen molar-refractivity contribution in [2.75, 3.05) is 30.6 Å². The number of unbranched alkanes of at least 4 members (excludes halogenated alkanes) is 1. The molecule has 0 spiro atoms. The molecule has 3 saturated heterocycles. The van der Waals surface area contributed by atoms with E-state index in [0.717, 1.165) is 29.6 Å². The first-order chi connectivity index (χ1) is 23.7. The highest BCUT2D eigenvalue weighted by atomic mass is 33.1. The summed E-state index contributed by atoms with van der Waals surface area (Å²) in [7, 11) is -14.0. The molecule has 8 atom stereocenters. The van der Waals surface area contributed by atoms with Gasteiger partial charge in [0.25, 0.3) is 0 Å². The molecule has 9 N–H and O–H groups in total. The van der Waals surface area contributed by atoms with Gasteiger partial charge in [0, 0.05) is 41.3 Å². The number of amides is 3. The fourth-order valence-corrected chi connectivity index (χ4v) is 12.1. The first-order valence-corrected chi connectivity index (χ1v) is 23.3. The summed E-state index contributed by atoms with van der Waals surface area (Å²) >= 11 is 1.84. The van der Waals surface area contributed by atoms with Crippen molar-refractivity contribution in [1.29, 1.82) is 0 Å². The lowest BCUT2D eigenvalue weighted by molar-refractivity contribution is -0.121. The monoisotopic (exact) mass is 842 g/mol. The summed E-state index contributed by atoms with van der Waals surface area (Å²) in [6.07, 6.45) is 1.26.